The number of alkyl carbamates (subject to hydrolysis) is 1. The van der Waals surface area contributed by atoms with Crippen LogP contribution >= 0.6 is 0 Å². The fourth-order valence-electron chi connectivity index (χ4n) is 2.58. The van der Waals surface area contributed by atoms with Gasteiger partial charge in [-0.05, 0) is 39.3 Å². The average Bonchev–Trinajstić information content (AvgIpc) is 2.66. The quantitative estimate of drug-likeness (QED) is 0.539. The zero-order chi connectivity index (χ0) is 21.6. The van der Waals surface area contributed by atoms with E-state index in [4.69, 9.17) is 16.2 Å². The normalized spacial score (nSPS) is 12.1. The number of rotatable bonds is 8. The number of nitrogens with zero attached hydrogens (tertiary/aromatic N) is 1. The smallest absolute Gasteiger partial charge is 0.407 e. The van der Waals surface area contributed by atoms with Crippen molar-refractivity contribution in [1.29, 1.82) is 0 Å². The first kappa shape index (κ1) is 22.0. The zero-order valence-corrected chi connectivity index (χ0v) is 17.3. The van der Waals surface area contributed by atoms with Crippen LogP contribution in [0.5, 0.6) is 0 Å². The van der Waals surface area contributed by atoms with E-state index in [1.54, 1.807) is 12.3 Å². The second kappa shape index (κ2) is 9.27. The molecule has 0 spiro atoms. The molecule has 0 saturated carbocycles. The van der Waals surface area contributed by atoms with Crippen molar-refractivity contribution in [1.82, 2.24) is 10.3 Å². The average molecular weight is 399 g/mol. The van der Waals surface area contributed by atoms with Gasteiger partial charge in [0.1, 0.15) is 11.4 Å². The first-order valence-corrected chi connectivity index (χ1v) is 9.51. The largest absolute Gasteiger partial charge is 0.444 e. The summed E-state index contributed by atoms with van der Waals surface area (Å²) in [6, 6.07) is 9.02. The summed E-state index contributed by atoms with van der Waals surface area (Å²) in [5, 5.41) is 6.13. The Bertz CT molecular complexity index is 882. The third kappa shape index (κ3) is 6.10. The summed E-state index contributed by atoms with van der Waals surface area (Å²) in [5.74, 6) is -0.536. The van der Waals surface area contributed by atoms with Crippen molar-refractivity contribution in [2.45, 2.75) is 45.8 Å². The summed E-state index contributed by atoms with van der Waals surface area (Å²) in [6.45, 7) is 8.06. The molecule has 1 aromatic carbocycles. The van der Waals surface area contributed by atoms with Crippen LogP contribution in [0.15, 0.2) is 36.5 Å². The summed E-state index contributed by atoms with van der Waals surface area (Å²) in [7, 11) is 0. The van der Waals surface area contributed by atoms with E-state index in [0.29, 0.717) is 12.1 Å². The zero-order valence-electron chi connectivity index (χ0n) is 17.3. The highest BCUT2D eigenvalue weighted by Gasteiger charge is 2.21. The SMILES string of the molecule is CCC(C)(C)OC(=O)N[C@@H](C)CNc1ccccc1-c1cnc(N)c(C(N)=O)c1. The minimum absolute atomic E-state index is 0.0954. The summed E-state index contributed by atoms with van der Waals surface area (Å²) in [5.41, 5.74) is 13.1. The number of primary amides is 1. The van der Waals surface area contributed by atoms with Gasteiger partial charge in [-0.2, -0.15) is 0 Å². The van der Waals surface area contributed by atoms with Crippen molar-refractivity contribution in [2.75, 3.05) is 17.6 Å². The van der Waals surface area contributed by atoms with Gasteiger partial charge in [-0.15, -0.1) is 0 Å². The van der Waals surface area contributed by atoms with E-state index in [1.165, 1.54) is 0 Å². The first-order valence-electron chi connectivity index (χ1n) is 9.51. The number of carbonyl (C=O) groups is 2. The number of benzene rings is 1. The van der Waals surface area contributed by atoms with Crippen LogP contribution in [0.1, 0.15) is 44.5 Å². The summed E-state index contributed by atoms with van der Waals surface area (Å²) >= 11 is 0. The van der Waals surface area contributed by atoms with Crippen LogP contribution in [0.3, 0.4) is 0 Å². The van der Waals surface area contributed by atoms with Gasteiger partial charge in [-0.1, -0.05) is 25.1 Å². The van der Waals surface area contributed by atoms with Crippen LogP contribution in [0, 0.1) is 0 Å². The third-order valence-corrected chi connectivity index (χ3v) is 4.61. The molecule has 1 atom stereocenters. The molecule has 29 heavy (non-hydrogen) atoms. The molecule has 0 fully saturated rings. The minimum Gasteiger partial charge on any atom is -0.444 e. The number of aromatic nitrogens is 1. The lowest BCUT2D eigenvalue weighted by molar-refractivity contribution is 0.0349. The van der Waals surface area contributed by atoms with Crippen LogP contribution in [-0.2, 0) is 4.74 Å². The number of hydrogen-bond acceptors (Lipinski definition) is 6. The lowest BCUT2D eigenvalue weighted by Crippen LogP contribution is -2.41. The van der Waals surface area contributed by atoms with Crippen molar-refractivity contribution in [3.63, 3.8) is 0 Å². The second-order valence-corrected chi connectivity index (χ2v) is 7.50. The lowest BCUT2D eigenvalue weighted by Gasteiger charge is -2.25. The Hall–Kier alpha value is -3.29. The molecule has 0 radical (unpaired) electrons. The maximum absolute atomic E-state index is 12.0. The van der Waals surface area contributed by atoms with Gasteiger partial charge >= 0.3 is 6.09 Å². The van der Waals surface area contributed by atoms with Gasteiger partial charge in [0.05, 0.1) is 5.56 Å². The highest BCUT2D eigenvalue weighted by molar-refractivity contribution is 5.98. The second-order valence-electron chi connectivity index (χ2n) is 7.50. The van der Waals surface area contributed by atoms with Crippen LogP contribution < -0.4 is 22.1 Å². The molecule has 2 rings (SSSR count). The van der Waals surface area contributed by atoms with E-state index in [2.05, 4.69) is 15.6 Å². The maximum Gasteiger partial charge on any atom is 0.407 e. The van der Waals surface area contributed by atoms with Crippen LogP contribution in [0.2, 0.25) is 0 Å². The number of nitrogens with one attached hydrogen (secondary N) is 2. The third-order valence-electron chi connectivity index (χ3n) is 4.61. The molecule has 2 amide bonds. The minimum atomic E-state index is -0.631. The Morgan fingerprint density at radius 3 is 2.62 bits per heavy atom. The first-order chi connectivity index (χ1) is 13.6. The number of ether oxygens (including phenoxy) is 1. The molecular weight excluding hydrogens is 370 g/mol. The molecule has 0 unspecified atom stereocenters. The van der Waals surface area contributed by atoms with Gasteiger partial charge in [-0.25, -0.2) is 9.78 Å². The van der Waals surface area contributed by atoms with Crippen molar-refractivity contribution in [3.05, 3.63) is 42.1 Å². The number of nitrogen functional groups attached to an aromatic ring is 1. The molecule has 8 heteroatoms. The van der Waals surface area contributed by atoms with Gasteiger partial charge in [0.2, 0.25) is 0 Å². The summed E-state index contributed by atoms with van der Waals surface area (Å²) in [4.78, 5) is 27.7. The lowest BCUT2D eigenvalue weighted by atomic mass is 10.0. The molecule has 0 aliphatic rings. The van der Waals surface area contributed by atoms with E-state index in [1.807, 2.05) is 52.0 Å². The number of anilines is 2. The number of hydrogen-bond donors (Lipinski definition) is 4. The van der Waals surface area contributed by atoms with E-state index in [0.717, 1.165) is 17.7 Å². The highest BCUT2D eigenvalue weighted by atomic mass is 16.6. The van der Waals surface area contributed by atoms with Crippen LogP contribution in [-0.4, -0.2) is 35.2 Å². The molecule has 0 bridgehead atoms. The standard InChI is InChI=1S/C21H29N5O3/c1-5-21(3,4)29-20(28)26-13(2)11-24-17-9-7-6-8-15(17)14-10-16(19(23)27)18(22)25-12-14/h6-10,12-13,24H,5,11H2,1-4H3,(H2,22,25)(H2,23,27)(H,26,28)/t13-/m0/s1. The van der Waals surface area contributed by atoms with Crippen molar-refractivity contribution in [3.8, 4) is 11.1 Å². The number of para-hydroxylation sites is 1. The fraction of sp³-hybridized carbons (Fsp3) is 0.381. The molecule has 8 nitrogen and oxygen atoms in total. The van der Waals surface area contributed by atoms with Gasteiger partial charge in [-0.3, -0.25) is 4.79 Å². The highest BCUT2D eigenvalue weighted by Crippen LogP contribution is 2.29. The van der Waals surface area contributed by atoms with Gasteiger partial charge in [0.15, 0.2) is 0 Å². The van der Waals surface area contributed by atoms with E-state index in [9.17, 15) is 9.59 Å². The van der Waals surface area contributed by atoms with E-state index < -0.39 is 17.6 Å². The Kier molecular flexibility index (Phi) is 7.03. The number of pyridine rings is 1. The Balaban J connectivity index is 2.09. The predicted molar refractivity (Wildman–Crippen MR) is 115 cm³/mol. The van der Waals surface area contributed by atoms with E-state index in [-0.39, 0.29) is 17.4 Å². The number of carbonyl (C=O) groups excluding carboxylic acids is 2. The summed E-state index contributed by atoms with van der Waals surface area (Å²) in [6.07, 6.45) is 1.87. The van der Waals surface area contributed by atoms with Crippen molar-refractivity contribution < 1.29 is 14.3 Å². The molecule has 0 aliphatic carbocycles. The molecule has 1 aromatic heterocycles. The van der Waals surface area contributed by atoms with E-state index >= 15 is 0 Å². The molecular formula is C21H29N5O3. The van der Waals surface area contributed by atoms with Gasteiger partial charge < -0.3 is 26.8 Å². The van der Waals surface area contributed by atoms with Gasteiger partial charge in [0, 0.05) is 35.6 Å². The molecule has 1 heterocycles. The van der Waals surface area contributed by atoms with Gasteiger partial charge in [0.25, 0.3) is 5.91 Å². The topological polar surface area (TPSA) is 132 Å². The maximum atomic E-state index is 12.0. The predicted octanol–water partition coefficient (Wildman–Crippen LogP) is 3.14. The molecule has 6 N–H and O–H groups in total. The molecule has 0 aliphatic heterocycles. The van der Waals surface area contributed by atoms with Crippen LogP contribution in [0.4, 0.5) is 16.3 Å². The Morgan fingerprint density at radius 1 is 1.28 bits per heavy atom. The molecule has 156 valence electrons. The van der Waals surface area contributed by atoms with Crippen molar-refractivity contribution >= 4 is 23.5 Å². The monoisotopic (exact) mass is 399 g/mol. The Labute approximate surface area is 171 Å². The molecule has 0 saturated heterocycles. The Morgan fingerprint density at radius 2 is 1.97 bits per heavy atom. The number of amides is 2. The van der Waals surface area contributed by atoms with Crippen LogP contribution in [0.25, 0.3) is 11.1 Å². The fourth-order valence-corrected chi connectivity index (χ4v) is 2.58. The summed E-state index contributed by atoms with van der Waals surface area (Å²) < 4.78 is 5.41. The van der Waals surface area contributed by atoms with Crippen molar-refractivity contribution in [2.24, 2.45) is 5.73 Å². The number of nitrogens with two attached hydrogens (primary N) is 2. The molecule has 2 aromatic rings.